The van der Waals surface area contributed by atoms with E-state index >= 15 is 0 Å². The molecule has 0 saturated carbocycles. The molecule has 0 fully saturated rings. The van der Waals surface area contributed by atoms with Crippen LogP contribution >= 0.6 is 0 Å². The van der Waals surface area contributed by atoms with E-state index in [1.165, 1.54) is 12.1 Å². The summed E-state index contributed by atoms with van der Waals surface area (Å²) in [7, 11) is 0. The van der Waals surface area contributed by atoms with Crippen LogP contribution in [-0.4, -0.2) is 5.97 Å². The van der Waals surface area contributed by atoms with E-state index < -0.39 is 18.0 Å². The Balaban J connectivity index is 2.60. The third-order valence-corrected chi connectivity index (χ3v) is 1.78. The molecule has 0 radical (unpaired) electrons. The average Bonchev–Trinajstić information content (AvgIpc) is 2.28. The minimum absolute atomic E-state index is 0.225. The molecule has 4 heteroatoms. The standard InChI is InChI=1S/C8H6FNO2/c9-4-1-2-5-6(3-4)8(11)12-7(5)10/h1-3,7H,10H2. The number of nitrogens with two attached hydrogens (primary N) is 1. The summed E-state index contributed by atoms with van der Waals surface area (Å²) in [6, 6.07) is 3.84. The van der Waals surface area contributed by atoms with Gasteiger partial charge >= 0.3 is 5.97 Å². The first kappa shape index (κ1) is 7.24. The monoisotopic (exact) mass is 167 g/mol. The number of hydrogen-bond donors (Lipinski definition) is 1. The zero-order valence-corrected chi connectivity index (χ0v) is 6.08. The lowest BCUT2D eigenvalue weighted by atomic mass is 10.1. The van der Waals surface area contributed by atoms with Crippen LogP contribution in [0.2, 0.25) is 0 Å². The second-order valence-corrected chi connectivity index (χ2v) is 2.56. The summed E-state index contributed by atoms with van der Waals surface area (Å²) in [5.41, 5.74) is 6.19. The molecule has 2 rings (SSSR count). The van der Waals surface area contributed by atoms with E-state index in [9.17, 15) is 9.18 Å². The minimum Gasteiger partial charge on any atom is -0.439 e. The molecule has 1 aliphatic heterocycles. The summed E-state index contributed by atoms with van der Waals surface area (Å²) in [5, 5.41) is 0. The molecule has 1 aromatic carbocycles. The number of hydrogen-bond acceptors (Lipinski definition) is 3. The molecule has 3 nitrogen and oxygen atoms in total. The first-order valence-electron chi connectivity index (χ1n) is 3.44. The van der Waals surface area contributed by atoms with Crippen LogP contribution < -0.4 is 5.73 Å². The van der Waals surface area contributed by atoms with Crippen molar-refractivity contribution in [2.24, 2.45) is 5.73 Å². The number of carbonyl (C=O) groups excluding carboxylic acids is 1. The molecule has 1 aromatic rings. The van der Waals surface area contributed by atoms with Gasteiger partial charge < -0.3 is 4.74 Å². The fraction of sp³-hybridized carbons (Fsp3) is 0.125. The second-order valence-electron chi connectivity index (χ2n) is 2.56. The third-order valence-electron chi connectivity index (χ3n) is 1.78. The maximum atomic E-state index is 12.6. The van der Waals surface area contributed by atoms with Crippen LogP contribution in [0.25, 0.3) is 0 Å². The van der Waals surface area contributed by atoms with Crippen LogP contribution in [0.4, 0.5) is 4.39 Å². The quantitative estimate of drug-likeness (QED) is 0.585. The number of fused-ring (bicyclic) bond motifs is 1. The van der Waals surface area contributed by atoms with Crippen molar-refractivity contribution >= 4 is 5.97 Å². The van der Waals surface area contributed by atoms with Crippen molar-refractivity contribution < 1.29 is 13.9 Å². The zero-order chi connectivity index (χ0) is 8.72. The van der Waals surface area contributed by atoms with Crippen molar-refractivity contribution in [3.63, 3.8) is 0 Å². The Labute approximate surface area is 67.9 Å². The van der Waals surface area contributed by atoms with E-state index in [2.05, 4.69) is 4.74 Å². The highest BCUT2D eigenvalue weighted by Crippen LogP contribution is 2.26. The van der Waals surface area contributed by atoms with Crippen molar-refractivity contribution in [3.05, 3.63) is 35.1 Å². The summed E-state index contributed by atoms with van der Waals surface area (Å²) >= 11 is 0. The number of carbonyl (C=O) groups is 1. The van der Waals surface area contributed by atoms with Gasteiger partial charge in [-0.2, -0.15) is 0 Å². The van der Waals surface area contributed by atoms with Crippen molar-refractivity contribution in [2.75, 3.05) is 0 Å². The van der Waals surface area contributed by atoms with Gasteiger partial charge in [-0.15, -0.1) is 0 Å². The molecule has 1 unspecified atom stereocenters. The van der Waals surface area contributed by atoms with Crippen molar-refractivity contribution in [2.45, 2.75) is 6.23 Å². The topological polar surface area (TPSA) is 52.3 Å². The summed E-state index contributed by atoms with van der Waals surface area (Å²) in [6.45, 7) is 0. The van der Waals surface area contributed by atoms with E-state index in [1.807, 2.05) is 0 Å². The molecule has 0 spiro atoms. The summed E-state index contributed by atoms with van der Waals surface area (Å²) in [4.78, 5) is 11.0. The first-order valence-corrected chi connectivity index (χ1v) is 3.44. The van der Waals surface area contributed by atoms with Gasteiger partial charge in [-0.25, -0.2) is 9.18 Å². The number of rotatable bonds is 0. The van der Waals surface area contributed by atoms with Crippen LogP contribution in [-0.2, 0) is 4.74 Å². The van der Waals surface area contributed by atoms with Gasteiger partial charge in [0, 0.05) is 5.56 Å². The highest BCUT2D eigenvalue weighted by molar-refractivity contribution is 5.93. The largest absolute Gasteiger partial charge is 0.439 e. The molecule has 1 atom stereocenters. The number of esters is 1. The van der Waals surface area contributed by atoms with Crippen molar-refractivity contribution in [3.8, 4) is 0 Å². The number of ether oxygens (including phenoxy) is 1. The lowest BCUT2D eigenvalue weighted by Gasteiger charge is -2.00. The SMILES string of the molecule is NC1OC(=O)c2cc(F)ccc21. The number of cyclic esters (lactones) is 1. The maximum Gasteiger partial charge on any atom is 0.340 e. The van der Waals surface area contributed by atoms with Crippen LogP contribution in [0.5, 0.6) is 0 Å². The Morgan fingerprint density at radius 2 is 2.25 bits per heavy atom. The van der Waals surface area contributed by atoms with Gasteiger partial charge in [0.15, 0.2) is 6.23 Å². The molecular formula is C8H6FNO2. The second kappa shape index (κ2) is 2.28. The van der Waals surface area contributed by atoms with Crippen LogP contribution in [0.1, 0.15) is 22.1 Å². The number of benzene rings is 1. The Morgan fingerprint density at radius 3 is 3.00 bits per heavy atom. The molecule has 0 bridgehead atoms. The molecule has 1 aliphatic rings. The Morgan fingerprint density at radius 1 is 1.50 bits per heavy atom. The van der Waals surface area contributed by atoms with Gasteiger partial charge in [0.1, 0.15) is 5.82 Å². The Kier molecular flexibility index (Phi) is 1.38. The normalized spacial score (nSPS) is 20.5. The highest BCUT2D eigenvalue weighted by atomic mass is 19.1. The first-order chi connectivity index (χ1) is 5.68. The van der Waals surface area contributed by atoms with E-state index in [4.69, 9.17) is 5.73 Å². The average molecular weight is 167 g/mol. The van der Waals surface area contributed by atoms with Gasteiger partial charge in [-0.1, -0.05) is 6.07 Å². The van der Waals surface area contributed by atoms with Crippen LogP contribution in [0.15, 0.2) is 18.2 Å². The summed E-state index contributed by atoms with van der Waals surface area (Å²) < 4.78 is 17.3. The van der Waals surface area contributed by atoms with Gasteiger partial charge in [0.05, 0.1) is 5.56 Å². The molecule has 0 amide bonds. The molecule has 1 heterocycles. The third kappa shape index (κ3) is 0.887. The van der Waals surface area contributed by atoms with Gasteiger partial charge in [-0.3, -0.25) is 5.73 Å². The fourth-order valence-electron chi connectivity index (χ4n) is 1.20. The Hall–Kier alpha value is -1.42. The van der Waals surface area contributed by atoms with E-state index in [1.54, 1.807) is 0 Å². The molecular weight excluding hydrogens is 161 g/mol. The van der Waals surface area contributed by atoms with Gasteiger partial charge in [0.2, 0.25) is 0 Å². The van der Waals surface area contributed by atoms with Gasteiger partial charge in [0.25, 0.3) is 0 Å². The maximum absolute atomic E-state index is 12.6. The molecule has 12 heavy (non-hydrogen) atoms. The van der Waals surface area contributed by atoms with Gasteiger partial charge in [-0.05, 0) is 12.1 Å². The smallest absolute Gasteiger partial charge is 0.340 e. The van der Waals surface area contributed by atoms with E-state index in [0.29, 0.717) is 5.56 Å². The molecule has 62 valence electrons. The van der Waals surface area contributed by atoms with Crippen LogP contribution in [0, 0.1) is 5.82 Å². The predicted molar refractivity (Wildman–Crippen MR) is 38.7 cm³/mol. The van der Waals surface area contributed by atoms with Crippen LogP contribution in [0.3, 0.4) is 0 Å². The summed E-state index contributed by atoms with van der Waals surface area (Å²) in [5.74, 6) is -1.02. The van der Waals surface area contributed by atoms with E-state index in [0.717, 1.165) is 6.07 Å². The lowest BCUT2D eigenvalue weighted by Crippen LogP contribution is -2.08. The molecule has 2 N–H and O–H groups in total. The molecule has 0 aliphatic carbocycles. The minimum atomic E-state index is -0.743. The number of halogens is 1. The zero-order valence-electron chi connectivity index (χ0n) is 6.08. The van der Waals surface area contributed by atoms with E-state index in [-0.39, 0.29) is 5.56 Å². The molecule has 0 aromatic heterocycles. The fourth-order valence-corrected chi connectivity index (χ4v) is 1.20. The van der Waals surface area contributed by atoms with Crippen molar-refractivity contribution in [1.29, 1.82) is 0 Å². The molecule has 0 saturated heterocycles. The highest BCUT2D eigenvalue weighted by Gasteiger charge is 2.28. The predicted octanol–water partition coefficient (Wildman–Crippen LogP) is 0.953. The Bertz CT molecular complexity index is 351. The lowest BCUT2D eigenvalue weighted by molar-refractivity contribution is 0.0399. The summed E-state index contributed by atoms with van der Waals surface area (Å²) in [6.07, 6.45) is -0.743. The van der Waals surface area contributed by atoms with Crippen molar-refractivity contribution in [1.82, 2.24) is 0 Å².